The molecule has 2 aromatic rings. The Labute approximate surface area is 122 Å². The molecule has 3 N–H and O–H groups in total. The molecular weight excluding hydrogens is 281 g/mol. The van der Waals surface area contributed by atoms with E-state index in [1.807, 2.05) is 31.5 Å². The first kappa shape index (κ1) is 14.3. The molecule has 19 heavy (non-hydrogen) atoms. The van der Waals surface area contributed by atoms with Gasteiger partial charge in [0.15, 0.2) is 0 Å². The van der Waals surface area contributed by atoms with Crippen LogP contribution in [0.4, 0.5) is 0 Å². The zero-order valence-electron chi connectivity index (χ0n) is 10.5. The maximum Gasteiger partial charge on any atom is 0.0595 e. The van der Waals surface area contributed by atoms with Crippen molar-refractivity contribution in [1.29, 1.82) is 0 Å². The van der Waals surface area contributed by atoms with E-state index in [9.17, 15) is 0 Å². The van der Waals surface area contributed by atoms with Crippen LogP contribution < -0.4 is 11.3 Å². The third-order valence-corrected chi connectivity index (χ3v) is 3.66. The Balaban J connectivity index is 2.21. The van der Waals surface area contributed by atoms with Gasteiger partial charge in [-0.15, -0.1) is 0 Å². The Bertz CT molecular complexity index is 572. The molecule has 100 valence electrons. The molecule has 0 radical (unpaired) electrons. The second kappa shape index (κ2) is 6.35. The van der Waals surface area contributed by atoms with Gasteiger partial charge in [-0.25, -0.2) is 0 Å². The van der Waals surface area contributed by atoms with Crippen molar-refractivity contribution in [2.24, 2.45) is 5.84 Å². The van der Waals surface area contributed by atoms with Crippen LogP contribution in [-0.2, 0) is 6.42 Å². The van der Waals surface area contributed by atoms with Gasteiger partial charge in [0.05, 0.1) is 16.1 Å². The van der Waals surface area contributed by atoms with Crippen molar-refractivity contribution in [1.82, 2.24) is 10.4 Å². The number of hydrogen-bond acceptors (Lipinski definition) is 3. The molecule has 0 aliphatic heterocycles. The summed E-state index contributed by atoms with van der Waals surface area (Å²) in [5.74, 6) is 5.63. The van der Waals surface area contributed by atoms with Crippen molar-refractivity contribution >= 4 is 23.2 Å². The lowest BCUT2D eigenvalue weighted by molar-refractivity contribution is 0.550. The van der Waals surface area contributed by atoms with Gasteiger partial charge >= 0.3 is 0 Å². The summed E-state index contributed by atoms with van der Waals surface area (Å²) >= 11 is 11.9. The fraction of sp³-hybridized carbons (Fsp3) is 0.214. The summed E-state index contributed by atoms with van der Waals surface area (Å²) in [4.78, 5) is 4.18. The molecule has 0 aliphatic rings. The van der Waals surface area contributed by atoms with Crippen LogP contribution in [0, 0.1) is 6.92 Å². The van der Waals surface area contributed by atoms with E-state index in [0.29, 0.717) is 10.0 Å². The zero-order chi connectivity index (χ0) is 13.8. The molecule has 0 bridgehead atoms. The predicted octanol–water partition coefficient (Wildman–Crippen LogP) is 3.44. The van der Waals surface area contributed by atoms with Gasteiger partial charge in [-0.2, -0.15) is 0 Å². The summed E-state index contributed by atoms with van der Waals surface area (Å²) in [7, 11) is 0. The van der Waals surface area contributed by atoms with Crippen molar-refractivity contribution in [3.63, 3.8) is 0 Å². The summed E-state index contributed by atoms with van der Waals surface area (Å²) in [6.45, 7) is 2.00. The lowest BCUT2D eigenvalue weighted by Crippen LogP contribution is -2.29. The molecule has 0 saturated heterocycles. The van der Waals surface area contributed by atoms with E-state index >= 15 is 0 Å². The number of aryl methyl sites for hydroxylation is 1. The largest absolute Gasteiger partial charge is 0.271 e. The fourth-order valence-electron chi connectivity index (χ4n) is 1.94. The molecule has 2 rings (SSSR count). The lowest BCUT2D eigenvalue weighted by atomic mass is 10.00. The molecular formula is C14H15Cl2N3. The normalized spacial score (nSPS) is 12.4. The monoisotopic (exact) mass is 295 g/mol. The molecule has 0 aliphatic carbocycles. The van der Waals surface area contributed by atoms with Crippen LogP contribution in [0.25, 0.3) is 0 Å². The lowest BCUT2D eigenvalue weighted by Gasteiger charge is -2.16. The topological polar surface area (TPSA) is 50.9 Å². The minimum Gasteiger partial charge on any atom is -0.271 e. The second-order valence-electron chi connectivity index (χ2n) is 4.47. The van der Waals surface area contributed by atoms with E-state index in [1.165, 1.54) is 0 Å². The van der Waals surface area contributed by atoms with Gasteiger partial charge in [0.1, 0.15) is 0 Å². The third kappa shape index (κ3) is 3.67. The average molecular weight is 296 g/mol. The van der Waals surface area contributed by atoms with Crippen LogP contribution in [0.3, 0.4) is 0 Å². The van der Waals surface area contributed by atoms with E-state index < -0.39 is 0 Å². The predicted molar refractivity (Wildman–Crippen MR) is 79.2 cm³/mol. The molecule has 0 saturated carbocycles. The van der Waals surface area contributed by atoms with Crippen molar-refractivity contribution in [2.75, 3.05) is 0 Å². The number of nitrogens with two attached hydrogens (primary N) is 1. The molecule has 1 aromatic heterocycles. The van der Waals surface area contributed by atoms with Crippen LogP contribution in [0.5, 0.6) is 0 Å². The van der Waals surface area contributed by atoms with Gasteiger partial charge in [0.2, 0.25) is 0 Å². The van der Waals surface area contributed by atoms with Crippen LogP contribution in [-0.4, -0.2) is 4.98 Å². The summed E-state index contributed by atoms with van der Waals surface area (Å²) in [6, 6.07) is 7.65. The fourth-order valence-corrected chi connectivity index (χ4v) is 2.26. The Morgan fingerprint density at radius 1 is 1.21 bits per heavy atom. The van der Waals surface area contributed by atoms with Gasteiger partial charge < -0.3 is 0 Å². The number of benzene rings is 1. The average Bonchev–Trinajstić information content (AvgIpc) is 2.40. The molecule has 1 unspecified atom stereocenters. The number of hydrazine groups is 1. The number of nitrogens with one attached hydrogen (secondary N) is 1. The van der Waals surface area contributed by atoms with E-state index in [2.05, 4.69) is 16.5 Å². The maximum atomic E-state index is 6.02. The Hall–Kier alpha value is -1.13. The molecule has 5 heteroatoms. The summed E-state index contributed by atoms with van der Waals surface area (Å²) in [5, 5.41) is 1.11. The number of halogens is 2. The standard InChI is InChI=1S/C14H15Cl2N3/c1-9-4-11(8-18-7-9)14(19-17)6-10-2-3-12(15)13(16)5-10/h2-5,7-8,14,19H,6,17H2,1H3. The third-order valence-electron chi connectivity index (χ3n) is 2.92. The van der Waals surface area contributed by atoms with Crippen LogP contribution in [0.1, 0.15) is 22.7 Å². The Kier molecular flexibility index (Phi) is 4.77. The Morgan fingerprint density at radius 2 is 2.00 bits per heavy atom. The highest BCUT2D eigenvalue weighted by atomic mass is 35.5. The van der Waals surface area contributed by atoms with Gasteiger partial charge in [0, 0.05) is 12.4 Å². The second-order valence-corrected chi connectivity index (χ2v) is 5.28. The molecule has 3 nitrogen and oxygen atoms in total. The zero-order valence-corrected chi connectivity index (χ0v) is 12.0. The molecule has 1 atom stereocenters. The minimum absolute atomic E-state index is 0.00959. The highest BCUT2D eigenvalue weighted by Gasteiger charge is 2.12. The van der Waals surface area contributed by atoms with E-state index in [1.54, 1.807) is 6.07 Å². The summed E-state index contributed by atoms with van der Waals surface area (Å²) in [5.41, 5.74) is 6.03. The number of nitrogens with zero attached hydrogens (tertiary/aromatic N) is 1. The minimum atomic E-state index is -0.00959. The first-order valence-electron chi connectivity index (χ1n) is 5.91. The highest BCUT2D eigenvalue weighted by Crippen LogP contribution is 2.25. The maximum absolute atomic E-state index is 6.02. The molecule has 1 aromatic carbocycles. The molecule has 0 fully saturated rings. The van der Waals surface area contributed by atoms with Gasteiger partial charge in [-0.05, 0) is 42.2 Å². The summed E-state index contributed by atoms with van der Waals surface area (Å²) < 4.78 is 0. The molecule has 0 amide bonds. The van der Waals surface area contributed by atoms with Gasteiger partial charge in [-0.3, -0.25) is 16.3 Å². The van der Waals surface area contributed by atoms with Gasteiger partial charge in [0.25, 0.3) is 0 Å². The highest BCUT2D eigenvalue weighted by molar-refractivity contribution is 6.42. The quantitative estimate of drug-likeness (QED) is 0.671. The molecule has 1 heterocycles. The van der Waals surface area contributed by atoms with E-state index in [4.69, 9.17) is 29.0 Å². The van der Waals surface area contributed by atoms with Crippen molar-refractivity contribution < 1.29 is 0 Å². The van der Waals surface area contributed by atoms with Crippen molar-refractivity contribution in [2.45, 2.75) is 19.4 Å². The number of aromatic nitrogens is 1. The number of rotatable bonds is 4. The first-order valence-corrected chi connectivity index (χ1v) is 6.67. The van der Waals surface area contributed by atoms with E-state index in [-0.39, 0.29) is 6.04 Å². The van der Waals surface area contributed by atoms with Crippen molar-refractivity contribution in [3.8, 4) is 0 Å². The van der Waals surface area contributed by atoms with E-state index in [0.717, 1.165) is 23.1 Å². The number of pyridine rings is 1. The van der Waals surface area contributed by atoms with Crippen LogP contribution in [0.2, 0.25) is 10.0 Å². The SMILES string of the molecule is Cc1cncc(C(Cc2ccc(Cl)c(Cl)c2)NN)c1. The summed E-state index contributed by atoms with van der Waals surface area (Å²) in [6.07, 6.45) is 4.35. The van der Waals surface area contributed by atoms with Crippen molar-refractivity contribution in [3.05, 3.63) is 63.4 Å². The van der Waals surface area contributed by atoms with Crippen LogP contribution in [0.15, 0.2) is 36.7 Å². The molecule has 0 spiro atoms. The van der Waals surface area contributed by atoms with Gasteiger partial charge in [-0.1, -0.05) is 35.3 Å². The van der Waals surface area contributed by atoms with Crippen LogP contribution >= 0.6 is 23.2 Å². The first-order chi connectivity index (χ1) is 9.10. The smallest absolute Gasteiger partial charge is 0.0595 e. The Morgan fingerprint density at radius 3 is 2.63 bits per heavy atom. The number of hydrogen-bond donors (Lipinski definition) is 2.